The first-order valence-corrected chi connectivity index (χ1v) is 22.8. The maximum absolute atomic E-state index is 12.7. The molecule has 0 rings (SSSR count). The smallest absolute Gasteiger partial charge is 0.362 e. The number of nitrogens with zero attached hydrogens (tertiary/aromatic N) is 1. The molecule has 8 nitrogen and oxygen atoms in total. The van der Waals surface area contributed by atoms with E-state index in [2.05, 4.69) is 111 Å². The number of aliphatic carboxylic acids is 1. The second kappa shape index (κ2) is 41.0. The molecule has 0 aliphatic heterocycles. The molecule has 59 heavy (non-hydrogen) atoms. The summed E-state index contributed by atoms with van der Waals surface area (Å²) < 4.78 is 17.2. The number of unbranched alkanes of at least 4 members (excludes halogenated alkanes) is 9. The number of rotatable bonds is 39. The number of likely N-dealkylation sites (N-methyl/N-ethyl adjacent to an activating group) is 1. The van der Waals surface area contributed by atoms with E-state index in [4.69, 9.17) is 14.2 Å². The van der Waals surface area contributed by atoms with Gasteiger partial charge in [0.15, 0.2) is 12.1 Å². The van der Waals surface area contributed by atoms with Gasteiger partial charge < -0.3 is 23.8 Å². The third kappa shape index (κ3) is 39.5. The van der Waals surface area contributed by atoms with Crippen molar-refractivity contribution in [1.29, 1.82) is 0 Å². The van der Waals surface area contributed by atoms with E-state index in [1.165, 1.54) is 12.8 Å². The van der Waals surface area contributed by atoms with Crippen molar-refractivity contribution in [2.24, 2.45) is 0 Å². The van der Waals surface area contributed by atoms with Crippen LogP contribution in [0.2, 0.25) is 0 Å². The largest absolute Gasteiger partial charge is 0.477 e. The summed E-state index contributed by atoms with van der Waals surface area (Å²) >= 11 is 0. The quantitative estimate of drug-likeness (QED) is 0.0285. The Labute approximate surface area is 360 Å². The number of ether oxygens (including phenoxy) is 3. The van der Waals surface area contributed by atoms with Crippen LogP contribution >= 0.6 is 0 Å². The Hall–Kier alpha value is -3.75. The number of quaternary nitrogens is 1. The molecule has 0 aliphatic carbocycles. The van der Waals surface area contributed by atoms with Crippen molar-refractivity contribution in [3.63, 3.8) is 0 Å². The molecule has 0 aromatic rings. The Morgan fingerprint density at radius 2 is 0.898 bits per heavy atom. The van der Waals surface area contributed by atoms with Crippen molar-refractivity contribution in [3.8, 4) is 0 Å². The van der Waals surface area contributed by atoms with Crippen LogP contribution in [0.25, 0.3) is 0 Å². The predicted octanol–water partition coefficient (Wildman–Crippen LogP) is 12.7. The molecule has 0 radical (unpaired) electrons. The number of carbonyl (C=O) groups excluding carboxylic acids is 2. The minimum absolute atomic E-state index is 0.0370. The van der Waals surface area contributed by atoms with E-state index in [0.717, 1.165) is 103 Å². The lowest BCUT2D eigenvalue weighted by molar-refractivity contribution is -0.887. The highest BCUT2D eigenvalue weighted by atomic mass is 16.6. The third-order valence-electron chi connectivity index (χ3n) is 9.48. The Morgan fingerprint density at radius 3 is 1.34 bits per heavy atom. The summed E-state index contributed by atoms with van der Waals surface area (Å²) in [5, 5.41) is 9.63. The fourth-order valence-corrected chi connectivity index (χ4v) is 6.01. The van der Waals surface area contributed by atoms with Gasteiger partial charge in [0.25, 0.3) is 0 Å². The highest BCUT2D eigenvalue weighted by Crippen LogP contribution is 2.12. The van der Waals surface area contributed by atoms with Crippen LogP contribution < -0.4 is 0 Å². The first-order chi connectivity index (χ1) is 28.6. The first kappa shape index (κ1) is 55.2. The number of carboxylic acid groups (broad SMARTS) is 1. The zero-order chi connectivity index (χ0) is 43.5. The normalized spacial score (nSPS) is 13.8. The van der Waals surface area contributed by atoms with Crippen LogP contribution in [0.15, 0.2) is 97.2 Å². The third-order valence-corrected chi connectivity index (χ3v) is 9.48. The second-order valence-electron chi connectivity index (χ2n) is 15.9. The molecule has 1 N–H and O–H groups in total. The second-order valence-corrected chi connectivity index (χ2v) is 15.9. The number of esters is 2. The number of allylic oxidation sites excluding steroid dienone is 16. The Kier molecular flexibility index (Phi) is 38.4. The molecule has 2 atom stereocenters. The summed E-state index contributed by atoms with van der Waals surface area (Å²) in [5.41, 5.74) is 0. The van der Waals surface area contributed by atoms with Crippen LogP contribution in [0.1, 0.15) is 155 Å². The SMILES string of the molecule is CC/C=C/C/C=C/C/C=C/C/C=C/CCCCCCCCC(=O)OCC(COCCC(C(=O)O)[N+](C)(C)C)OC(=O)CCCCC/C=C/C/C=C/C/C=C/C/C=C/CC. The average Bonchev–Trinajstić information content (AvgIpc) is 3.19. The molecular weight excluding hydrogens is 739 g/mol. The molecule has 0 saturated heterocycles. The summed E-state index contributed by atoms with van der Waals surface area (Å²) in [6.07, 6.45) is 54.5. The number of carbonyl (C=O) groups is 3. The maximum Gasteiger partial charge on any atom is 0.362 e. The molecule has 0 heterocycles. The first-order valence-electron chi connectivity index (χ1n) is 22.8. The lowest BCUT2D eigenvalue weighted by Crippen LogP contribution is -2.50. The topological polar surface area (TPSA) is 99.1 Å². The van der Waals surface area contributed by atoms with Crippen molar-refractivity contribution in [3.05, 3.63) is 97.2 Å². The number of carboxylic acids is 1. The van der Waals surface area contributed by atoms with Gasteiger partial charge in [0, 0.05) is 19.3 Å². The minimum Gasteiger partial charge on any atom is -0.477 e. The summed E-state index contributed by atoms with van der Waals surface area (Å²) in [5.74, 6) is -1.54. The van der Waals surface area contributed by atoms with Gasteiger partial charge in [-0.1, -0.05) is 143 Å². The Bertz CT molecular complexity index is 1280. The molecule has 0 aliphatic rings. The average molecular weight is 823 g/mol. The van der Waals surface area contributed by atoms with E-state index in [9.17, 15) is 19.5 Å². The molecule has 8 heteroatoms. The minimum atomic E-state index is -0.887. The van der Waals surface area contributed by atoms with Gasteiger partial charge in [0.2, 0.25) is 0 Å². The summed E-state index contributed by atoms with van der Waals surface area (Å²) in [4.78, 5) is 37.0. The zero-order valence-electron chi connectivity index (χ0n) is 37.9. The van der Waals surface area contributed by atoms with Gasteiger partial charge in [-0.2, -0.15) is 0 Å². The van der Waals surface area contributed by atoms with Gasteiger partial charge in [-0.25, -0.2) is 4.79 Å². The highest BCUT2D eigenvalue weighted by molar-refractivity contribution is 5.72. The van der Waals surface area contributed by atoms with E-state index < -0.39 is 18.1 Å². The van der Waals surface area contributed by atoms with Gasteiger partial charge in [0.1, 0.15) is 6.61 Å². The molecule has 0 bridgehead atoms. The molecule has 2 unspecified atom stereocenters. The Morgan fingerprint density at radius 1 is 0.508 bits per heavy atom. The van der Waals surface area contributed by atoms with Crippen LogP contribution in [0.5, 0.6) is 0 Å². The lowest BCUT2D eigenvalue weighted by atomic mass is 10.1. The van der Waals surface area contributed by atoms with E-state index in [1.54, 1.807) is 0 Å². The van der Waals surface area contributed by atoms with Crippen LogP contribution in [0, 0.1) is 0 Å². The molecule has 0 aromatic heterocycles. The fourth-order valence-electron chi connectivity index (χ4n) is 6.01. The standard InChI is InChI=1S/C51H83NO7/c1-6-8-10-12-14-16-18-20-22-24-25-26-28-29-31-33-35-37-39-41-49(53)58-46-47(45-57-44-43-48(51(55)56)52(3,4)5)59-50(54)42-40-38-36-34-32-30-27-23-21-19-17-15-13-11-9-7-2/h8-11,14-17,20-23,25-26,30,32,47-48H,6-7,12-13,18-19,24,27-29,31,33-46H2,1-5H3/p+1/b10-8+,11-9+,16-14+,17-15+,22-20+,23-21+,26-25+,32-30+. The molecule has 0 fully saturated rings. The van der Waals surface area contributed by atoms with E-state index in [-0.39, 0.29) is 42.7 Å². The van der Waals surface area contributed by atoms with Gasteiger partial charge in [-0.15, -0.1) is 0 Å². The fraction of sp³-hybridized carbons (Fsp3) is 0.627. The predicted molar refractivity (Wildman–Crippen MR) is 247 cm³/mol. The van der Waals surface area contributed by atoms with E-state index >= 15 is 0 Å². The van der Waals surface area contributed by atoms with Crippen LogP contribution in [-0.2, 0) is 28.6 Å². The van der Waals surface area contributed by atoms with Gasteiger partial charge in [-0.3, -0.25) is 9.59 Å². The molecule has 0 aromatic carbocycles. The van der Waals surface area contributed by atoms with Crippen LogP contribution in [0.3, 0.4) is 0 Å². The van der Waals surface area contributed by atoms with Crippen LogP contribution in [-0.4, -0.2) is 80.6 Å². The van der Waals surface area contributed by atoms with Gasteiger partial charge in [0.05, 0.1) is 34.4 Å². The van der Waals surface area contributed by atoms with Gasteiger partial charge >= 0.3 is 17.9 Å². The molecule has 0 spiro atoms. The summed E-state index contributed by atoms with van der Waals surface area (Å²) in [7, 11) is 5.50. The van der Waals surface area contributed by atoms with Gasteiger partial charge in [-0.05, 0) is 89.9 Å². The van der Waals surface area contributed by atoms with Crippen molar-refractivity contribution in [2.45, 2.75) is 167 Å². The number of hydrogen-bond acceptors (Lipinski definition) is 6. The molecule has 0 amide bonds. The van der Waals surface area contributed by atoms with Crippen molar-refractivity contribution in [1.82, 2.24) is 0 Å². The van der Waals surface area contributed by atoms with E-state index in [1.807, 2.05) is 21.1 Å². The van der Waals surface area contributed by atoms with Crippen molar-refractivity contribution < 1.29 is 38.2 Å². The summed E-state index contributed by atoms with van der Waals surface area (Å²) in [6.45, 7) is 4.44. The molecule has 0 saturated carbocycles. The van der Waals surface area contributed by atoms with Crippen molar-refractivity contribution >= 4 is 17.9 Å². The van der Waals surface area contributed by atoms with Crippen molar-refractivity contribution in [2.75, 3.05) is 41.0 Å². The van der Waals surface area contributed by atoms with Crippen LogP contribution in [0.4, 0.5) is 0 Å². The summed E-state index contributed by atoms with van der Waals surface area (Å²) in [6, 6.07) is -0.629. The lowest BCUT2D eigenvalue weighted by Gasteiger charge is -2.31. The number of hydrogen-bond donors (Lipinski definition) is 1. The van der Waals surface area contributed by atoms with E-state index in [0.29, 0.717) is 19.3 Å². The molecule has 334 valence electrons. The maximum atomic E-state index is 12.7. The monoisotopic (exact) mass is 823 g/mol. The zero-order valence-corrected chi connectivity index (χ0v) is 37.9. The molecular formula is C51H84NO7+. The Balaban J connectivity index is 4.42. The highest BCUT2D eigenvalue weighted by Gasteiger charge is 2.31.